The third-order valence-corrected chi connectivity index (χ3v) is 3.38. The summed E-state index contributed by atoms with van der Waals surface area (Å²) < 4.78 is 13.3. The highest BCUT2D eigenvalue weighted by atomic mass is 19.1. The van der Waals surface area contributed by atoms with Crippen molar-refractivity contribution in [2.75, 3.05) is 24.5 Å². The van der Waals surface area contributed by atoms with Crippen LogP contribution in [0, 0.1) is 11.7 Å². The normalized spacial score (nSPS) is 19.5. The average molecular weight is 251 g/mol. The molecule has 3 nitrogen and oxygen atoms in total. The molecule has 1 aromatic heterocycles. The molecule has 18 heavy (non-hydrogen) atoms. The third kappa shape index (κ3) is 3.19. The van der Waals surface area contributed by atoms with Crippen LogP contribution in [0.5, 0.6) is 0 Å². The fourth-order valence-electron chi connectivity index (χ4n) is 2.42. The molecule has 2 rings (SSSR count). The van der Waals surface area contributed by atoms with Gasteiger partial charge in [0, 0.05) is 25.2 Å². The smallest absolute Gasteiger partial charge is 0.141 e. The van der Waals surface area contributed by atoms with Crippen LogP contribution in [0.1, 0.15) is 32.3 Å². The molecule has 1 saturated heterocycles. The molecule has 1 fully saturated rings. The van der Waals surface area contributed by atoms with Crippen molar-refractivity contribution in [3.05, 3.63) is 23.6 Å². The van der Waals surface area contributed by atoms with Gasteiger partial charge in [-0.05, 0) is 31.4 Å². The predicted octanol–water partition coefficient (Wildman–Crippen LogP) is 2.57. The minimum atomic E-state index is -0.251. The second kappa shape index (κ2) is 6.14. The Morgan fingerprint density at radius 2 is 2.39 bits per heavy atom. The maximum absolute atomic E-state index is 13.3. The van der Waals surface area contributed by atoms with Gasteiger partial charge in [-0.1, -0.05) is 13.8 Å². The van der Waals surface area contributed by atoms with Gasteiger partial charge in [0.2, 0.25) is 0 Å². The van der Waals surface area contributed by atoms with Crippen LogP contribution in [-0.2, 0) is 6.54 Å². The monoisotopic (exact) mass is 251 g/mol. The van der Waals surface area contributed by atoms with Gasteiger partial charge in [0.1, 0.15) is 11.6 Å². The fourth-order valence-corrected chi connectivity index (χ4v) is 2.42. The Labute approximate surface area is 108 Å². The van der Waals surface area contributed by atoms with E-state index in [1.165, 1.54) is 12.6 Å². The van der Waals surface area contributed by atoms with E-state index in [0.717, 1.165) is 37.4 Å². The second-order valence-corrected chi connectivity index (χ2v) is 5.15. The van der Waals surface area contributed by atoms with Crippen LogP contribution < -0.4 is 10.2 Å². The zero-order valence-electron chi connectivity index (χ0n) is 11.2. The van der Waals surface area contributed by atoms with Gasteiger partial charge in [-0.15, -0.1) is 0 Å². The summed E-state index contributed by atoms with van der Waals surface area (Å²) in [7, 11) is 0. The number of hydrogen-bond acceptors (Lipinski definition) is 3. The van der Waals surface area contributed by atoms with Crippen molar-refractivity contribution < 1.29 is 4.39 Å². The average Bonchev–Trinajstić information content (AvgIpc) is 2.76. The van der Waals surface area contributed by atoms with E-state index in [2.05, 4.69) is 29.0 Å². The lowest BCUT2D eigenvalue weighted by Crippen LogP contribution is -2.24. The van der Waals surface area contributed by atoms with E-state index in [1.807, 2.05) is 0 Å². The Bertz CT molecular complexity index is 395. The molecule has 1 N–H and O–H groups in total. The summed E-state index contributed by atoms with van der Waals surface area (Å²) in [4.78, 5) is 6.56. The van der Waals surface area contributed by atoms with Crippen LogP contribution in [0.2, 0.25) is 0 Å². The molecule has 1 aliphatic rings. The number of hydrogen-bond donors (Lipinski definition) is 1. The highest BCUT2D eigenvalue weighted by molar-refractivity contribution is 5.47. The lowest BCUT2D eigenvalue weighted by molar-refractivity contribution is 0.610. The number of nitrogens with zero attached hydrogens (tertiary/aromatic N) is 2. The minimum absolute atomic E-state index is 0.251. The highest BCUT2D eigenvalue weighted by Crippen LogP contribution is 2.25. The summed E-state index contributed by atoms with van der Waals surface area (Å²) in [5, 5.41) is 3.32. The van der Waals surface area contributed by atoms with Gasteiger partial charge in [0.05, 0.1) is 6.20 Å². The van der Waals surface area contributed by atoms with Crippen molar-refractivity contribution in [3.8, 4) is 0 Å². The van der Waals surface area contributed by atoms with Crippen LogP contribution in [0.25, 0.3) is 0 Å². The lowest BCUT2D eigenvalue weighted by atomic mass is 10.2. The molecule has 0 bridgehead atoms. The molecule has 0 amide bonds. The molecule has 0 radical (unpaired) electrons. The molecular formula is C14H22FN3. The SMILES string of the molecule is CCCNCc1cc(F)cnc1N1CCC(C)C1. The van der Waals surface area contributed by atoms with Crippen LogP contribution in [0.4, 0.5) is 10.2 Å². The van der Waals surface area contributed by atoms with Crippen molar-refractivity contribution in [3.63, 3.8) is 0 Å². The molecule has 2 heterocycles. The predicted molar refractivity (Wildman–Crippen MR) is 72.2 cm³/mol. The van der Waals surface area contributed by atoms with Gasteiger partial charge >= 0.3 is 0 Å². The number of nitrogens with one attached hydrogen (secondary N) is 1. The molecule has 1 unspecified atom stereocenters. The molecule has 100 valence electrons. The number of rotatable bonds is 5. The summed E-state index contributed by atoms with van der Waals surface area (Å²) >= 11 is 0. The maximum Gasteiger partial charge on any atom is 0.141 e. The van der Waals surface area contributed by atoms with E-state index in [1.54, 1.807) is 6.07 Å². The van der Waals surface area contributed by atoms with Gasteiger partial charge in [0.15, 0.2) is 0 Å². The molecule has 0 spiro atoms. The molecule has 0 aliphatic carbocycles. The van der Waals surface area contributed by atoms with E-state index in [0.29, 0.717) is 12.5 Å². The minimum Gasteiger partial charge on any atom is -0.356 e. The zero-order valence-corrected chi connectivity index (χ0v) is 11.2. The van der Waals surface area contributed by atoms with Crippen molar-refractivity contribution in [2.24, 2.45) is 5.92 Å². The Hall–Kier alpha value is -1.16. The highest BCUT2D eigenvalue weighted by Gasteiger charge is 2.22. The number of anilines is 1. The van der Waals surface area contributed by atoms with Gasteiger partial charge in [-0.2, -0.15) is 0 Å². The summed E-state index contributed by atoms with van der Waals surface area (Å²) in [6.07, 6.45) is 3.60. The Balaban J connectivity index is 2.12. The first kappa shape index (κ1) is 13.3. The van der Waals surface area contributed by atoms with E-state index in [-0.39, 0.29) is 5.82 Å². The zero-order chi connectivity index (χ0) is 13.0. The number of pyridine rings is 1. The van der Waals surface area contributed by atoms with Gasteiger partial charge < -0.3 is 10.2 Å². The Morgan fingerprint density at radius 3 is 3.06 bits per heavy atom. The van der Waals surface area contributed by atoms with Crippen molar-refractivity contribution >= 4 is 5.82 Å². The molecule has 1 aromatic rings. The van der Waals surface area contributed by atoms with Gasteiger partial charge in [-0.3, -0.25) is 0 Å². The Kier molecular flexibility index (Phi) is 4.53. The summed E-state index contributed by atoms with van der Waals surface area (Å²) in [5.41, 5.74) is 0.970. The van der Waals surface area contributed by atoms with Gasteiger partial charge in [0.25, 0.3) is 0 Å². The Morgan fingerprint density at radius 1 is 1.56 bits per heavy atom. The van der Waals surface area contributed by atoms with Crippen molar-refractivity contribution in [2.45, 2.75) is 33.2 Å². The summed E-state index contributed by atoms with van der Waals surface area (Å²) in [6.45, 7) is 8.07. The first-order chi connectivity index (χ1) is 8.70. The van der Waals surface area contributed by atoms with Crippen molar-refractivity contribution in [1.29, 1.82) is 0 Å². The van der Waals surface area contributed by atoms with E-state index in [4.69, 9.17) is 0 Å². The van der Waals surface area contributed by atoms with Crippen LogP contribution in [0.15, 0.2) is 12.3 Å². The molecule has 1 aliphatic heterocycles. The molecule has 1 atom stereocenters. The summed E-state index contributed by atoms with van der Waals surface area (Å²) in [6, 6.07) is 1.61. The first-order valence-electron chi connectivity index (χ1n) is 6.80. The van der Waals surface area contributed by atoms with Crippen molar-refractivity contribution in [1.82, 2.24) is 10.3 Å². The maximum atomic E-state index is 13.3. The van der Waals surface area contributed by atoms with E-state index >= 15 is 0 Å². The lowest BCUT2D eigenvalue weighted by Gasteiger charge is -2.20. The summed E-state index contributed by atoms with van der Waals surface area (Å²) in [5.74, 6) is 1.40. The topological polar surface area (TPSA) is 28.2 Å². The number of halogens is 1. The molecular weight excluding hydrogens is 229 g/mol. The molecule has 0 aromatic carbocycles. The third-order valence-electron chi connectivity index (χ3n) is 3.38. The van der Waals surface area contributed by atoms with E-state index < -0.39 is 0 Å². The van der Waals surface area contributed by atoms with Crippen LogP contribution in [-0.4, -0.2) is 24.6 Å². The van der Waals surface area contributed by atoms with E-state index in [9.17, 15) is 4.39 Å². The second-order valence-electron chi connectivity index (χ2n) is 5.15. The molecule has 0 saturated carbocycles. The number of aromatic nitrogens is 1. The first-order valence-corrected chi connectivity index (χ1v) is 6.80. The van der Waals surface area contributed by atoms with Crippen LogP contribution in [0.3, 0.4) is 0 Å². The largest absolute Gasteiger partial charge is 0.356 e. The quantitative estimate of drug-likeness (QED) is 0.815. The fraction of sp³-hybridized carbons (Fsp3) is 0.643. The standard InChI is InChI=1S/C14H22FN3/c1-3-5-16-8-12-7-13(15)9-17-14(12)18-6-4-11(2)10-18/h7,9,11,16H,3-6,8,10H2,1-2H3. The van der Waals surface area contributed by atoms with Crippen LogP contribution >= 0.6 is 0 Å². The van der Waals surface area contributed by atoms with Gasteiger partial charge in [-0.25, -0.2) is 9.37 Å². The molecule has 4 heteroatoms.